The van der Waals surface area contributed by atoms with Crippen LogP contribution in [0.5, 0.6) is 0 Å². The second kappa shape index (κ2) is 11.6. The average Bonchev–Trinajstić information content (AvgIpc) is 2.75. The van der Waals surface area contributed by atoms with Crippen molar-refractivity contribution in [1.82, 2.24) is 5.32 Å². The second-order valence-corrected chi connectivity index (χ2v) is 10.1. The molecule has 0 radical (unpaired) electrons. The van der Waals surface area contributed by atoms with Gasteiger partial charge in [-0.15, -0.1) is 0 Å². The number of alkyl carbamates (subject to hydrolysis) is 1. The normalized spacial score (nSPS) is 12.1. The number of hydrogen-bond donors (Lipinski definition) is 1. The lowest BCUT2D eigenvalue weighted by molar-refractivity contribution is -0.141. The molecule has 0 bridgehead atoms. The maximum Gasteiger partial charge on any atom is 0.407 e. The summed E-state index contributed by atoms with van der Waals surface area (Å²) >= 11 is 0. The predicted octanol–water partition coefficient (Wildman–Crippen LogP) is 5.59. The third kappa shape index (κ3) is 9.22. The van der Waals surface area contributed by atoms with Gasteiger partial charge in [-0.3, -0.25) is 4.79 Å². The van der Waals surface area contributed by atoms with E-state index in [-0.39, 0.29) is 30.6 Å². The van der Waals surface area contributed by atoms with E-state index in [1.54, 1.807) is 20.8 Å². The maximum absolute atomic E-state index is 12.9. The van der Waals surface area contributed by atoms with Crippen LogP contribution < -0.4 is 5.32 Å². The first-order valence-corrected chi connectivity index (χ1v) is 11.4. The van der Waals surface area contributed by atoms with Crippen molar-refractivity contribution >= 4 is 23.9 Å². The van der Waals surface area contributed by atoms with Crippen molar-refractivity contribution < 1.29 is 23.9 Å². The van der Waals surface area contributed by atoms with Crippen LogP contribution in [0.4, 0.5) is 4.79 Å². The summed E-state index contributed by atoms with van der Waals surface area (Å²) in [5.74, 6) is -1.12. The molecule has 34 heavy (non-hydrogen) atoms. The molecular formula is C28H35NO5. The van der Waals surface area contributed by atoms with Gasteiger partial charge in [-0.25, -0.2) is 9.59 Å². The maximum atomic E-state index is 12.9. The zero-order chi connectivity index (χ0) is 25.4. The average molecular weight is 466 g/mol. The first-order chi connectivity index (χ1) is 15.8. The highest BCUT2D eigenvalue weighted by Crippen LogP contribution is 2.23. The summed E-state index contributed by atoms with van der Waals surface area (Å²) in [6, 6.07) is 17.0. The zero-order valence-electron chi connectivity index (χ0n) is 20.9. The van der Waals surface area contributed by atoms with Crippen LogP contribution in [0.3, 0.4) is 0 Å². The number of carbonyl (C=O) groups is 3. The van der Waals surface area contributed by atoms with Crippen LogP contribution in [0.15, 0.2) is 60.2 Å². The van der Waals surface area contributed by atoms with Gasteiger partial charge in [-0.1, -0.05) is 75.4 Å². The number of nitrogens with one attached hydrogen (secondary N) is 1. The number of ether oxygens (including phenoxy) is 2. The van der Waals surface area contributed by atoms with Gasteiger partial charge in [-0.05, 0) is 49.0 Å². The fourth-order valence-corrected chi connectivity index (χ4v) is 3.03. The minimum absolute atomic E-state index is 0.0111. The van der Waals surface area contributed by atoms with E-state index in [1.165, 1.54) is 6.08 Å². The Hall–Kier alpha value is -3.41. The molecule has 2 rings (SSSR count). The minimum atomic E-state index is -0.703. The molecule has 0 spiro atoms. The van der Waals surface area contributed by atoms with E-state index in [1.807, 2.05) is 54.6 Å². The van der Waals surface area contributed by atoms with Crippen LogP contribution in [-0.4, -0.2) is 30.0 Å². The summed E-state index contributed by atoms with van der Waals surface area (Å²) in [5.41, 5.74) is 1.97. The van der Waals surface area contributed by atoms with Crippen molar-refractivity contribution in [1.29, 1.82) is 0 Å². The van der Waals surface area contributed by atoms with Gasteiger partial charge >= 0.3 is 12.1 Å². The van der Waals surface area contributed by atoms with Crippen LogP contribution in [0.2, 0.25) is 0 Å². The lowest BCUT2D eigenvalue weighted by atomic mass is 9.86. The molecule has 6 heteroatoms. The molecule has 0 atom stereocenters. The Labute approximate surface area is 202 Å². The van der Waals surface area contributed by atoms with E-state index in [0.29, 0.717) is 5.56 Å². The number of benzene rings is 2. The Kier molecular flexibility index (Phi) is 9.19. The molecule has 0 aliphatic rings. The van der Waals surface area contributed by atoms with E-state index in [2.05, 4.69) is 26.1 Å². The molecule has 182 valence electrons. The number of Topliss-reactive ketones (excluding diaryl/α,β-unsaturated/α-hetero) is 1. The number of hydrogen-bond acceptors (Lipinski definition) is 5. The Morgan fingerprint density at radius 3 is 2.06 bits per heavy atom. The standard InChI is InChI=1S/C28H35NO5/c1-27(2,3)22-14-12-20(13-15-22)18-23(25(31)33-19-21-10-8-7-9-11-21)24(30)16-17-29-26(32)34-28(4,5)6/h7-15,18H,16-17,19H2,1-6H3,(H,29,32)/b23-18+. The first-order valence-electron chi connectivity index (χ1n) is 11.4. The number of ketones is 1. The predicted molar refractivity (Wildman–Crippen MR) is 133 cm³/mol. The summed E-state index contributed by atoms with van der Waals surface area (Å²) in [4.78, 5) is 37.6. The van der Waals surface area contributed by atoms with Crippen molar-refractivity contribution in [2.24, 2.45) is 0 Å². The molecule has 2 aromatic rings. The van der Waals surface area contributed by atoms with Gasteiger partial charge in [0.1, 0.15) is 17.8 Å². The van der Waals surface area contributed by atoms with Gasteiger partial charge in [0, 0.05) is 13.0 Å². The molecule has 0 saturated heterocycles. The summed E-state index contributed by atoms with van der Waals surface area (Å²) in [6.07, 6.45) is 0.858. The van der Waals surface area contributed by atoms with E-state index in [4.69, 9.17) is 9.47 Å². The molecule has 0 heterocycles. The van der Waals surface area contributed by atoms with Crippen molar-refractivity contribution in [2.45, 2.75) is 65.6 Å². The smallest absolute Gasteiger partial charge is 0.407 e. The van der Waals surface area contributed by atoms with Crippen LogP contribution in [0.25, 0.3) is 6.08 Å². The van der Waals surface area contributed by atoms with Crippen molar-refractivity contribution in [3.8, 4) is 0 Å². The number of esters is 1. The Morgan fingerprint density at radius 2 is 1.50 bits per heavy atom. The van der Waals surface area contributed by atoms with Gasteiger partial charge in [0.05, 0.1) is 0 Å². The zero-order valence-corrected chi connectivity index (χ0v) is 20.9. The molecule has 1 amide bonds. The molecular weight excluding hydrogens is 430 g/mol. The van der Waals surface area contributed by atoms with Crippen molar-refractivity contribution in [3.63, 3.8) is 0 Å². The third-order valence-electron chi connectivity index (χ3n) is 4.84. The lowest BCUT2D eigenvalue weighted by Gasteiger charge is -2.19. The molecule has 0 unspecified atom stereocenters. The largest absolute Gasteiger partial charge is 0.457 e. The summed E-state index contributed by atoms with van der Waals surface area (Å²) < 4.78 is 10.6. The van der Waals surface area contributed by atoms with E-state index >= 15 is 0 Å². The van der Waals surface area contributed by atoms with Gasteiger partial charge in [0.25, 0.3) is 0 Å². The van der Waals surface area contributed by atoms with Crippen LogP contribution in [0, 0.1) is 0 Å². The van der Waals surface area contributed by atoms with E-state index in [9.17, 15) is 14.4 Å². The summed E-state index contributed by atoms with van der Waals surface area (Å²) in [5, 5.41) is 2.55. The van der Waals surface area contributed by atoms with Gasteiger partial charge in [-0.2, -0.15) is 0 Å². The Balaban J connectivity index is 2.15. The molecule has 6 nitrogen and oxygen atoms in total. The van der Waals surface area contributed by atoms with Gasteiger partial charge in [0.2, 0.25) is 0 Å². The summed E-state index contributed by atoms with van der Waals surface area (Å²) in [7, 11) is 0. The highest BCUT2D eigenvalue weighted by atomic mass is 16.6. The number of amides is 1. The van der Waals surface area contributed by atoms with Crippen molar-refractivity contribution in [2.75, 3.05) is 6.54 Å². The topological polar surface area (TPSA) is 81.7 Å². The summed E-state index contributed by atoms with van der Waals surface area (Å²) in [6.45, 7) is 11.7. The van der Waals surface area contributed by atoms with Crippen LogP contribution in [0.1, 0.15) is 64.7 Å². The minimum Gasteiger partial charge on any atom is -0.457 e. The number of carbonyl (C=O) groups excluding carboxylic acids is 3. The Morgan fingerprint density at radius 1 is 0.882 bits per heavy atom. The molecule has 0 aliphatic heterocycles. The highest BCUT2D eigenvalue weighted by molar-refractivity contribution is 6.20. The second-order valence-electron chi connectivity index (χ2n) is 10.1. The Bertz CT molecular complexity index is 1010. The molecule has 0 fully saturated rings. The monoisotopic (exact) mass is 465 g/mol. The fraction of sp³-hybridized carbons (Fsp3) is 0.393. The SMILES string of the molecule is CC(C)(C)OC(=O)NCCC(=O)/C(=C\c1ccc(C(C)(C)C)cc1)C(=O)OCc1ccccc1. The lowest BCUT2D eigenvalue weighted by Crippen LogP contribution is -2.34. The fourth-order valence-electron chi connectivity index (χ4n) is 3.03. The van der Waals surface area contributed by atoms with E-state index in [0.717, 1.165) is 11.1 Å². The van der Waals surface area contributed by atoms with Crippen LogP contribution in [-0.2, 0) is 31.1 Å². The quantitative estimate of drug-likeness (QED) is 0.238. The van der Waals surface area contributed by atoms with Gasteiger partial charge < -0.3 is 14.8 Å². The molecule has 1 N–H and O–H groups in total. The number of rotatable bonds is 8. The molecule has 0 saturated carbocycles. The molecule has 0 aromatic heterocycles. The first kappa shape index (κ1) is 26.8. The third-order valence-corrected chi connectivity index (χ3v) is 4.84. The highest BCUT2D eigenvalue weighted by Gasteiger charge is 2.21. The van der Waals surface area contributed by atoms with Crippen LogP contribution >= 0.6 is 0 Å². The molecule has 2 aromatic carbocycles. The van der Waals surface area contributed by atoms with Gasteiger partial charge in [0.15, 0.2) is 5.78 Å². The molecule has 0 aliphatic carbocycles. The van der Waals surface area contributed by atoms with Crippen molar-refractivity contribution in [3.05, 3.63) is 76.9 Å². The van der Waals surface area contributed by atoms with E-state index < -0.39 is 23.4 Å².